The minimum absolute atomic E-state index is 0.0759. The van der Waals surface area contributed by atoms with Crippen molar-refractivity contribution in [2.24, 2.45) is 0 Å². The number of methoxy groups -OCH3 is 1. The largest absolute Gasteiger partial charge is 0.494 e. The lowest BCUT2D eigenvalue weighted by Crippen LogP contribution is -2.10. The van der Waals surface area contributed by atoms with Gasteiger partial charge in [0, 0.05) is 18.3 Å². The Morgan fingerprint density at radius 2 is 1.96 bits per heavy atom. The van der Waals surface area contributed by atoms with E-state index in [1.807, 2.05) is 30.3 Å². The zero-order valence-corrected chi connectivity index (χ0v) is 13.2. The molecule has 0 saturated carbocycles. The first-order valence-electron chi connectivity index (χ1n) is 7.40. The second-order valence-corrected chi connectivity index (χ2v) is 4.92. The first-order chi connectivity index (χ1) is 11.6. The number of nitrogens with zero attached hydrogens (tertiary/aromatic N) is 1. The van der Waals surface area contributed by atoms with Crippen molar-refractivity contribution < 1.29 is 19.2 Å². The molecule has 2 aromatic rings. The van der Waals surface area contributed by atoms with Crippen molar-refractivity contribution in [2.75, 3.05) is 25.6 Å². The highest BCUT2D eigenvalue weighted by Crippen LogP contribution is 2.23. The van der Waals surface area contributed by atoms with Crippen LogP contribution in [0.25, 0.3) is 0 Å². The molecule has 0 atom stereocenters. The van der Waals surface area contributed by atoms with Crippen LogP contribution in [-0.2, 0) is 4.74 Å². The van der Waals surface area contributed by atoms with Crippen LogP contribution < -0.4 is 10.1 Å². The first kappa shape index (κ1) is 17.3. The average Bonchev–Trinajstić information content (AvgIpc) is 2.61. The van der Waals surface area contributed by atoms with Crippen molar-refractivity contribution >= 4 is 17.3 Å². The molecule has 0 aliphatic rings. The van der Waals surface area contributed by atoms with E-state index in [1.54, 1.807) is 6.07 Å². The number of esters is 1. The van der Waals surface area contributed by atoms with Gasteiger partial charge in [-0.25, -0.2) is 4.79 Å². The average molecular weight is 330 g/mol. The van der Waals surface area contributed by atoms with Gasteiger partial charge in [-0.15, -0.1) is 0 Å². The van der Waals surface area contributed by atoms with Gasteiger partial charge in [-0.3, -0.25) is 10.1 Å². The van der Waals surface area contributed by atoms with Gasteiger partial charge in [-0.05, 0) is 30.7 Å². The zero-order valence-electron chi connectivity index (χ0n) is 13.2. The van der Waals surface area contributed by atoms with E-state index < -0.39 is 10.9 Å². The van der Waals surface area contributed by atoms with E-state index in [-0.39, 0.29) is 11.3 Å². The molecule has 0 bridgehead atoms. The summed E-state index contributed by atoms with van der Waals surface area (Å²) in [5, 5.41) is 14.1. The molecule has 2 aromatic carbocycles. The monoisotopic (exact) mass is 330 g/mol. The maximum absolute atomic E-state index is 11.6. The topological polar surface area (TPSA) is 90.7 Å². The number of nitrogens with one attached hydrogen (secondary N) is 1. The number of carbonyl (C=O) groups excluding carboxylic acids is 1. The van der Waals surface area contributed by atoms with Crippen LogP contribution in [0.1, 0.15) is 16.8 Å². The van der Waals surface area contributed by atoms with Gasteiger partial charge >= 0.3 is 5.97 Å². The summed E-state index contributed by atoms with van der Waals surface area (Å²) in [5.41, 5.74) is 0.258. The fourth-order valence-corrected chi connectivity index (χ4v) is 2.09. The molecule has 0 aromatic heterocycles. The summed E-state index contributed by atoms with van der Waals surface area (Å²) in [6.07, 6.45) is 0.736. The van der Waals surface area contributed by atoms with Gasteiger partial charge in [0.2, 0.25) is 0 Å². The van der Waals surface area contributed by atoms with Gasteiger partial charge in [-0.1, -0.05) is 18.2 Å². The molecular formula is C17H18N2O5. The van der Waals surface area contributed by atoms with Crippen LogP contribution in [0.2, 0.25) is 0 Å². The van der Waals surface area contributed by atoms with Gasteiger partial charge in [0.15, 0.2) is 0 Å². The molecule has 1 N–H and O–H groups in total. The van der Waals surface area contributed by atoms with E-state index in [1.165, 1.54) is 19.2 Å². The van der Waals surface area contributed by atoms with Gasteiger partial charge in [-0.2, -0.15) is 0 Å². The molecule has 7 heteroatoms. The molecule has 2 rings (SSSR count). The second-order valence-electron chi connectivity index (χ2n) is 4.92. The van der Waals surface area contributed by atoms with Gasteiger partial charge in [0.05, 0.1) is 18.6 Å². The minimum atomic E-state index is -0.738. The molecule has 0 spiro atoms. The molecule has 0 saturated heterocycles. The fourth-order valence-electron chi connectivity index (χ4n) is 2.09. The number of carbonyl (C=O) groups is 1. The van der Waals surface area contributed by atoms with Crippen LogP contribution in [0, 0.1) is 10.1 Å². The smallest absolute Gasteiger partial charge is 0.344 e. The Hall–Kier alpha value is -3.09. The Bertz CT molecular complexity index is 703. The third-order valence-electron chi connectivity index (χ3n) is 3.26. The molecule has 0 aliphatic carbocycles. The summed E-state index contributed by atoms with van der Waals surface area (Å²) < 4.78 is 10.2. The summed E-state index contributed by atoms with van der Waals surface area (Å²) in [6.45, 7) is 1.14. The Morgan fingerprint density at radius 1 is 1.21 bits per heavy atom. The van der Waals surface area contributed by atoms with Crippen LogP contribution in [0.15, 0.2) is 48.5 Å². The zero-order chi connectivity index (χ0) is 17.4. The van der Waals surface area contributed by atoms with Gasteiger partial charge < -0.3 is 14.8 Å². The molecular weight excluding hydrogens is 312 g/mol. The molecule has 126 valence electrons. The van der Waals surface area contributed by atoms with Crippen molar-refractivity contribution in [3.05, 3.63) is 64.2 Å². The molecule has 0 radical (unpaired) electrons. The number of nitro groups is 1. The molecule has 24 heavy (non-hydrogen) atoms. The number of nitro benzene ring substituents is 1. The lowest BCUT2D eigenvalue weighted by Gasteiger charge is -2.09. The van der Waals surface area contributed by atoms with E-state index in [0.29, 0.717) is 18.8 Å². The predicted molar refractivity (Wildman–Crippen MR) is 89.5 cm³/mol. The van der Waals surface area contributed by atoms with Gasteiger partial charge in [0.1, 0.15) is 11.3 Å². The normalized spacial score (nSPS) is 10.0. The van der Waals surface area contributed by atoms with Crippen LogP contribution >= 0.6 is 0 Å². The third-order valence-corrected chi connectivity index (χ3v) is 3.26. The summed E-state index contributed by atoms with van der Waals surface area (Å²) in [6, 6.07) is 13.7. The number of para-hydroxylation sites is 1. The van der Waals surface area contributed by atoms with E-state index in [2.05, 4.69) is 10.1 Å². The standard InChI is InChI=1S/C17H18N2O5/c1-23-17(20)15-12-13(8-9-16(15)19(21)22)18-10-5-11-24-14-6-3-2-4-7-14/h2-4,6-9,12,18H,5,10-11H2,1H3. The molecule has 0 amide bonds. The second kappa shape index (κ2) is 8.52. The quantitative estimate of drug-likeness (QED) is 0.346. The summed E-state index contributed by atoms with van der Waals surface area (Å²) in [5.74, 6) is 0.0681. The van der Waals surface area contributed by atoms with E-state index in [4.69, 9.17) is 4.74 Å². The number of rotatable bonds is 8. The van der Waals surface area contributed by atoms with Crippen LogP contribution in [0.5, 0.6) is 5.75 Å². The Balaban J connectivity index is 1.88. The Morgan fingerprint density at radius 3 is 2.62 bits per heavy atom. The summed E-state index contributed by atoms with van der Waals surface area (Å²) in [4.78, 5) is 22.0. The van der Waals surface area contributed by atoms with Crippen molar-refractivity contribution in [2.45, 2.75) is 6.42 Å². The minimum Gasteiger partial charge on any atom is -0.494 e. The Kier molecular flexibility index (Phi) is 6.13. The lowest BCUT2D eigenvalue weighted by atomic mass is 10.1. The number of hydrogen-bond donors (Lipinski definition) is 1. The highest BCUT2D eigenvalue weighted by atomic mass is 16.6. The SMILES string of the molecule is COC(=O)c1cc(NCCCOc2ccccc2)ccc1[N+](=O)[O-]. The van der Waals surface area contributed by atoms with Crippen LogP contribution in [0.4, 0.5) is 11.4 Å². The number of ether oxygens (including phenoxy) is 2. The fraction of sp³-hybridized carbons (Fsp3) is 0.235. The van der Waals surface area contributed by atoms with Crippen LogP contribution in [0.3, 0.4) is 0 Å². The number of benzene rings is 2. The highest BCUT2D eigenvalue weighted by Gasteiger charge is 2.21. The number of anilines is 1. The third kappa shape index (κ3) is 4.70. The predicted octanol–water partition coefficient (Wildman–Crippen LogP) is 3.26. The van der Waals surface area contributed by atoms with Crippen molar-refractivity contribution in [1.29, 1.82) is 0 Å². The molecule has 0 fully saturated rings. The first-order valence-corrected chi connectivity index (χ1v) is 7.40. The van der Waals surface area contributed by atoms with Crippen molar-refractivity contribution in [3.63, 3.8) is 0 Å². The number of hydrogen-bond acceptors (Lipinski definition) is 6. The van der Waals surface area contributed by atoms with Gasteiger partial charge in [0.25, 0.3) is 5.69 Å². The molecule has 0 unspecified atom stereocenters. The maximum atomic E-state index is 11.6. The van der Waals surface area contributed by atoms with Crippen molar-refractivity contribution in [3.8, 4) is 5.75 Å². The van der Waals surface area contributed by atoms with Crippen LogP contribution in [-0.4, -0.2) is 31.2 Å². The van der Waals surface area contributed by atoms with Crippen molar-refractivity contribution in [1.82, 2.24) is 0 Å². The van der Waals surface area contributed by atoms with E-state index in [9.17, 15) is 14.9 Å². The lowest BCUT2D eigenvalue weighted by molar-refractivity contribution is -0.385. The summed E-state index contributed by atoms with van der Waals surface area (Å²) >= 11 is 0. The highest BCUT2D eigenvalue weighted by molar-refractivity contribution is 5.95. The Labute approximate surface area is 139 Å². The molecule has 0 heterocycles. The van der Waals surface area contributed by atoms with E-state index >= 15 is 0 Å². The summed E-state index contributed by atoms with van der Waals surface area (Å²) in [7, 11) is 1.19. The maximum Gasteiger partial charge on any atom is 0.344 e. The molecule has 7 nitrogen and oxygen atoms in total. The molecule has 0 aliphatic heterocycles. The van der Waals surface area contributed by atoms with E-state index in [0.717, 1.165) is 12.2 Å².